The fourth-order valence-corrected chi connectivity index (χ4v) is 3.92. The summed E-state index contributed by atoms with van der Waals surface area (Å²) in [5.41, 5.74) is 1.85. The Labute approximate surface area is 186 Å². The average molecular weight is 450 g/mol. The molecule has 4 nitrogen and oxygen atoms in total. The summed E-state index contributed by atoms with van der Waals surface area (Å²) in [6.07, 6.45) is 3.85. The molecule has 160 valence electrons. The van der Waals surface area contributed by atoms with Crippen LogP contribution >= 0.6 is 23.2 Å². The van der Waals surface area contributed by atoms with Gasteiger partial charge in [-0.3, -0.25) is 4.79 Å². The predicted octanol–water partition coefficient (Wildman–Crippen LogP) is 6.72. The summed E-state index contributed by atoms with van der Waals surface area (Å²) in [7, 11) is 0. The van der Waals surface area contributed by atoms with E-state index < -0.39 is 0 Å². The monoisotopic (exact) mass is 449 g/mol. The zero-order chi connectivity index (χ0) is 21.7. The number of carbonyl (C=O) groups excluding carboxylic acids is 1. The number of rotatable bonds is 9. The third-order valence-electron chi connectivity index (χ3n) is 5.05. The van der Waals surface area contributed by atoms with Crippen LogP contribution in [0.2, 0.25) is 10.0 Å². The number of fused-ring (bicyclic) bond motifs is 1. The summed E-state index contributed by atoms with van der Waals surface area (Å²) in [5.74, 6) is 0.233. The van der Waals surface area contributed by atoms with Crippen LogP contribution in [0.15, 0.2) is 36.4 Å². The molecule has 0 spiro atoms. The van der Waals surface area contributed by atoms with Crippen molar-refractivity contribution in [1.82, 2.24) is 14.5 Å². The number of amides is 1. The minimum absolute atomic E-state index is 0.181. The summed E-state index contributed by atoms with van der Waals surface area (Å²) in [6, 6.07) is 9.52. The van der Waals surface area contributed by atoms with Crippen molar-refractivity contribution in [3.8, 4) is 0 Å². The van der Waals surface area contributed by atoms with Crippen molar-refractivity contribution in [2.45, 2.75) is 52.6 Å². The molecule has 0 N–H and O–H groups in total. The smallest absolute Gasteiger partial charge is 0.255 e. The summed E-state index contributed by atoms with van der Waals surface area (Å²) in [5, 5.41) is 0.832. The van der Waals surface area contributed by atoms with E-state index in [1.807, 2.05) is 0 Å². The lowest BCUT2D eigenvalue weighted by molar-refractivity contribution is 0.0734. The number of aromatic nitrogens is 2. The maximum Gasteiger partial charge on any atom is 0.255 e. The highest BCUT2D eigenvalue weighted by Crippen LogP contribution is 2.24. The maximum atomic E-state index is 13.7. The normalized spacial score (nSPS) is 11.2. The van der Waals surface area contributed by atoms with Crippen molar-refractivity contribution in [3.63, 3.8) is 0 Å². The fraction of sp³-hybridized carbons (Fsp3) is 0.391. The van der Waals surface area contributed by atoms with Gasteiger partial charge in [0.2, 0.25) is 0 Å². The van der Waals surface area contributed by atoms with E-state index in [1.54, 1.807) is 29.2 Å². The Kier molecular flexibility index (Phi) is 7.73. The fourth-order valence-electron chi connectivity index (χ4n) is 3.55. The van der Waals surface area contributed by atoms with E-state index in [1.165, 1.54) is 12.1 Å². The molecule has 2 aromatic carbocycles. The Morgan fingerprint density at radius 2 is 1.90 bits per heavy atom. The molecule has 1 aromatic heterocycles. The number of halogens is 3. The molecule has 0 aliphatic heterocycles. The molecular weight excluding hydrogens is 424 g/mol. The van der Waals surface area contributed by atoms with Gasteiger partial charge in [-0.2, -0.15) is 0 Å². The first-order valence-electron chi connectivity index (χ1n) is 10.3. The first kappa shape index (κ1) is 22.6. The molecule has 0 aliphatic carbocycles. The predicted molar refractivity (Wildman–Crippen MR) is 121 cm³/mol. The number of unbranched alkanes of at least 4 members (excludes halogenated alkanes) is 2. The van der Waals surface area contributed by atoms with Crippen molar-refractivity contribution < 1.29 is 9.18 Å². The Hall–Kier alpha value is -2.11. The molecule has 0 aliphatic rings. The Morgan fingerprint density at radius 3 is 2.63 bits per heavy atom. The van der Waals surface area contributed by atoms with E-state index in [9.17, 15) is 9.18 Å². The Balaban J connectivity index is 1.97. The van der Waals surface area contributed by atoms with Gasteiger partial charge in [0, 0.05) is 24.2 Å². The van der Waals surface area contributed by atoms with Crippen LogP contribution in [0, 0.1) is 5.82 Å². The van der Waals surface area contributed by atoms with Gasteiger partial charge < -0.3 is 9.47 Å². The van der Waals surface area contributed by atoms with Crippen LogP contribution in [0.5, 0.6) is 0 Å². The summed E-state index contributed by atoms with van der Waals surface area (Å²) < 4.78 is 15.8. The van der Waals surface area contributed by atoms with Gasteiger partial charge in [-0.1, -0.05) is 49.9 Å². The summed E-state index contributed by atoms with van der Waals surface area (Å²) in [4.78, 5) is 19.7. The van der Waals surface area contributed by atoms with Crippen LogP contribution in [0.25, 0.3) is 11.0 Å². The molecule has 7 heteroatoms. The van der Waals surface area contributed by atoms with Crippen molar-refractivity contribution in [2.24, 2.45) is 0 Å². The molecule has 0 saturated heterocycles. The molecule has 0 unspecified atom stereocenters. The van der Waals surface area contributed by atoms with Crippen molar-refractivity contribution in [1.29, 1.82) is 0 Å². The minimum atomic E-state index is -0.322. The second kappa shape index (κ2) is 10.3. The SMILES string of the molecule is CCCCCN(Cc1nc2cc(F)ccc2n1CCC)C(=O)c1cc(Cl)ccc1Cl. The van der Waals surface area contributed by atoms with E-state index in [4.69, 9.17) is 23.2 Å². The number of imidazole rings is 1. The third-order valence-corrected chi connectivity index (χ3v) is 5.61. The summed E-state index contributed by atoms with van der Waals surface area (Å²) >= 11 is 12.4. The Morgan fingerprint density at radius 1 is 1.10 bits per heavy atom. The van der Waals surface area contributed by atoms with Crippen molar-refractivity contribution in [3.05, 3.63) is 63.6 Å². The van der Waals surface area contributed by atoms with E-state index in [-0.39, 0.29) is 11.7 Å². The van der Waals surface area contributed by atoms with Gasteiger partial charge in [0.1, 0.15) is 11.6 Å². The molecular formula is C23H26Cl2FN3O. The average Bonchev–Trinajstić information content (AvgIpc) is 3.05. The molecule has 1 amide bonds. The molecule has 1 heterocycles. The van der Waals surface area contributed by atoms with Gasteiger partial charge in [0.05, 0.1) is 28.2 Å². The zero-order valence-electron chi connectivity index (χ0n) is 17.3. The third kappa shape index (κ3) is 5.13. The molecule has 3 rings (SSSR count). The van der Waals surface area contributed by atoms with Gasteiger partial charge in [0.15, 0.2) is 0 Å². The van der Waals surface area contributed by atoms with Crippen molar-refractivity contribution >= 4 is 40.1 Å². The lowest BCUT2D eigenvalue weighted by Crippen LogP contribution is -2.33. The van der Waals surface area contributed by atoms with Crippen LogP contribution in [0.1, 0.15) is 55.7 Å². The topological polar surface area (TPSA) is 38.1 Å². The highest BCUT2D eigenvalue weighted by atomic mass is 35.5. The number of nitrogens with zero attached hydrogens (tertiary/aromatic N) is 3. The van der Waals surface area contributed by atoms with Crippen LogP contribution in [0.3, 0.4) is 0 Å². The molecule has 3 aromatic rings. The van der Waals surface area contributed by atoms with Crippen LogP contribution < -0.4 is 0 Å². The molecule has 30 heavy (non-hydrogen) atoms. The molecule has 0 atom stereocenters. The number of hydrogen-bond donors (Lipinski definition) is 0. The minimum Gasteiger partial charge on any atom is -0.331 e. The van der Waals surface area contributed by atoms with E-state index in [2.05, 4.69) is 23.4 Å². The van der Waals surface area contributed by atoms with Crippen LogP contribution in [-0.2, 0) is 13.1 Å². The zero-order valence-corrected chi connectivity index (χ0v) is 18.8. The van der Waals surface area contributed by atoms with Crippen LogP contribution in [-0.4, -0.2) is 26.9 Å². The Bertz CT molecular complexity index is 1030. The standard InChI is InChI=1S/C23H26Cl2FN3O/c1-3-5-6-12-28(23(30)18-13-16(24)7-9-19(18)25)15-22-27-20-14-17(26)8-10-21(20)29(22)11-4-2/h7-10,13-14H,3-6,11-12,15H2,1-2H3. The van der Waals surface area contributed by atoms with E-state index in [0.717, 1.165) is 43.6 Å². The van der Waals surface area contributed by atoms with E-state index in [0.29, 0.717) is 34.2 Å². The maximum absolute atomic E-state index is 13.7. The molecule has 0 bridgehead atoms. The quantitative estimate of drug-likeness (QED) is 0.339. The number of hydrogen-bond acceptors (Lipinski definition) is 2. The lowest BCUT2D eigenvalue weighted by atomic mass is 10.1. The van der Waals surface area contributed by atoms with Gasteiger partial charge in [-0.25, -0.2) is 9.37 Å². The van der Waals surface area contributed by atoms with Gasteiger partial charge >= 0.3 is 0 Å². The van der Waals surface area contributed by atoms with Crippen molar-refractivity contribution in [2.75, 3.05) is 6.54 Å². The second-order valence-electron chi connectivity index (χ2n) is 7.37. The molecule has 0 radical (unpaired) electrons. The summed E-state index contributed by atoms with van der Waals surface area (Å²) in [6.45, 7) is 5.84. The molecule has 0 saturated carbocycles. The highest BCUT2D eigenvalue weighted by molar-refractivity contribution is 6.35. The van der Waals surface area contributed by atoms with Gasteiger partial charge in [-0.05, 0) is 43.2 Å². The largest absolute Gasteiger partial charge is 0.331 e. The van der Waals surface area contributed by atoms with Gasteiger partial charge in [-0.15, -0.1) is 0 Å². The first-order chi connectivity index (χ1) is 14.4. The number of aryl methyl sites for hydroxylation is 1. The van der Waals surface area contributed by atoms with Crippen LogP contribution in [0.4, 0.5) is 4.39 Å². The van der Waals surface area contributed by atoms with Gasteiger partial charge in [0.25, 0.3) is 5.91 Å². The number of carbonyl (C=O) groups is 1. The van der Waals surface area contributed by atoms with E-state index >= 15 is 0 Å². The number of benzene rings is 2. The highest BCUT2D eigenvalue weighted by Gasteiger charge is 2.22. The lowest BCUT2D eigenvalue weighted by Gasteiger charge is -2.23. The first-order valence-corrected chi connectivity index (χ1v) is 11.1. The second-order valence-corrected chi connectivity index (χ2v) is 8.21. The molecule has 0 fully saturated rings.